The van der Waals surface area contributed by atoms with Crippen molar-refractivity contribution in [2.45, 2.75) is 32.4 Å². The molecule has 4 heteroatoms. The normalized spacial score (nSPS) is 14.2. The van der Waals surface area contributed by atoms with E-state index in [1.165, 1.54) is 24.6 Å². The van der Waals surface area contributed by atoms with Crippen LogP contribution in [0.3, 0.4) is 0 Å². The highest BCUT2D eigenvalue weighted by molar-refractivity contribution is 5.62. The topological polar surface area (TPSA) is 28.2 Å². The molecule has 0 unspecified atom stereocenters. The lowest BCUT2D eigenvalue weighted by Crippen LogP contribution is -2.20. The lowest BCUT2D eigenvalue weighted by Gasteiger charge is -2.22. The van der Waals surface area contributed by atoms with Crippen LogP contribution in [0.15, 0.2) is 36.5 Å². The van der Waals surface area contributed by atoms with E-state index < -0.39 is 0 Å². The van der Waals surface area contributed by atoms with E-state index in [9.17, 15) is 4.39 Å². The highest BCUT2D eigenvalue weighted by Crippen LogP contribution is 2.27. The van der Waals surface area contributed by atoms with Crippen LogP contribution < -0.4 is 10.2 Å². The molecule has 0 bridgehead atoms. The molecule has 3 rings (SSSR count). The summed E-state index contributed by atoms with van der Waals surface area (Å²) < 4.78 is 13.5. The van der Waals surface area contributed by atoms with Crippen molar-refractivity contribution in [2.24, 2.45) is 0 Å². The van der Waals surface area contributed by atoms with Gasteiger partial charge in [0.15, 0.2) is 0 Å². The van der Waals surface area contributed by atoms with E-state index in [4.69, 9.17) is 0 Å². The smallest absolute Gasteiger partial charge is 0.141 e. The van der Waals surface area contributed by atoms with Crippen molar-refractivity contribution in [3.05, 3.63) is 53.5 Å². The number of hydrogen-bond donors (Lipinski definition) is 1. The summed E-state index contributed by atoms with van der Waals surface area (Å²) in [5.74, 6) is 0.513. The first-order valence-corrected chi connectivity index (χ1v) is 7.31. The van der Waals surface area contributed by atoms with Gasteiger partial charge in [-0.25, -0.2) is 9.37 Å². The van der Waals surface area contributed by atoms with Crippen molar-refractivity contribution < 1.29 is 4.39 Å². The number of halogens is 1. The average molecular weight is 285 g/mol. The molecule has 1 aliphatic carbocycles. The Morgan fingerprint density at radius 3 is 2.86 bits per heavy atom. The molecule has 2 aromatic rings. The first-order chi connectivity index (χ1) is 10.1. The second-order valence-corrected chi connectivity index (χ2v) is 5.69. The molecule has 1 N–H and O–H groups in total. The number of hydrogen-bond acceptors (Lipinski definition) is 3. The standard InChI is InChI=1S/C17H20FN3/c1-12-4-3-5-16(8-12)21(2)17-13(9-14(18)11-20-17)10-19-15-6-7-15/h3-5,8-9,11,15,19H,6-7,10H2,1-2H3. The van der Waals surface area contributed by atoms with Gasteiger partial charge in [-0.05, 0) is 43.5 Å². The Labute approximate surface area is 124 Å². The number of benzene rings is 1. The van der Waals surface area contributed by atoms with Crippen molar-refractivity contribution in [2.75, 3.05) is 11.9 Å². The Morgan fingerprint density at radius 1 is 1.33 bits per heavy atom. The van der Waals surface area contributed by atoms with Crippen LogP contribution in [-0.4, -0.2) is 18.1 Å². The van der Waals surface area contributed by atoms with E-state index in [0.717, 1.165) is 17.1 Å². The maximum absolute atomic E-state index is 13.5. The largest absolute Gasteiger partial charge is 0.329 e. The molecule has 1 aliphatic rings. The summed E-state index contributed by atoms with van der Waals surface area (Å²) >= 11 is 0. The minimum atomic E-state index is -0.288. The van der Waals surface area contributed by atoms with Crippen LogP contribution in [0.4, 0.5) is 15.9 Å². The van der Waals surface area contributed by atoms with Crippen LogP contribution in [0, 0.1) is 12.7 Å². The zero-order valence-electron chi connectivity index (χ0n) is 12.4. The SMILES string of the molecule is Cc1cccc(N(C)c2ncc(F)cc2CNC2CC2)c1. The Morgan fingerprint density at radius 2 is 2.14 bits per heavy atom. The van der Waals surface area contributed by atoms with E-state index in [2.05, 4.69) is 29.4 Å². The zero-order valence-corrected chi connectivity index (χ0v) is 12.4. The van der Waals surface area contributed by atoms with E-state index in [1.54, 1.807) is 6.07 Å². The summed E-state index contributed by atoms with van der Waals surface area (Å²) in [6, 6.07) is 10.4. The lowest BCUT2D eigenvalue weighted by molar-refractivity contribution is 0.612. The fourth-order valence-corrected chi connectivity index (χ4v) is 2.41. The van der Waals surface area contributed by atoms with Gasteiger partial charge in [0.1, 0.15) is 11.6 Å². The third kappa shape index (κ3) is 3.39. The van der Waals surface area contributed by atoms with E-state index >= 15 is 0 Å². The highest BCUT2D eigenvalue weighted by Gasteiger charge is 2.21. The summed E-state index contributed by atoms with van der Waals surface area (Å²) in [5, 5.41) is 3.42. The van der Waals surface area contributed by atoms with Crippen LogP contribution in [0.2, 0.25) is 0 Å². The molecule has 21 heavy (non-hydrogen) atoms. The Bertz CT molecular complexity index is 638. The van der Waals surface area contributed by atoms with E-state index in [0.29, 0.717) is 12.6 Å². The van der Waals surface area contributed by atoms with Gasteiger partial charge in [0, 0.05) is 30.9 Å². The molecule has 1 aromatic carbocycles. The third-order valence-electron chi connectivity index (χ3n) is 3.77. The van der Waals surface area contributed by atoms with Gasteiger partial charge >= 0.3 is 0 Å². The van der Waals surface area contributed by atoms with Gasteiger partial charge < -0.3 is 10.2 Å². The van der Waals surface area contributed by atoms with Gasteiger partial charge in [0.05, 0.1) is 6.20 Å². The van der Waals surface area contributed by atoms with Crippen molar-refractivity contribution >= 4 is 11.5 Å². The fraction of sp³-hybridized carbons (Fsp3) is 0.353. The summed E-state index contributed by atoms with van der Waals surface area (Å²) in [4.78, 5) is 6.30. The van der Waals surface area contributed by atoms with Gasteiger partial charge in [-0.1, -0.05) is 12.1 Å². The minimum Gasteiger partial charge on any atom is -0.329 e. The first-order valence-electron chi connectivity index (χ1n) is 7.31. The highest BCUT2D eigenvalue weighted by atomic mass is 19.1. The molecule has 0 radical (unpaired) electrons. The number of nitrogens with zero attached hydrogens (tertiary/aromatic N) is 2. The van der Waals surface area contributed by atoms with Crippen molar-refractivity contribution in [3.63, 3.8) is 0 Å². The molecular formula is C17H20FN3. The molecule has 3 nitrogen and oxygen atoms in total. The third-order valence-corrected chi connectivity index (χ3v) is 3.77. The van der Waals surface area contributed by atoms with Gasteiger partial charge in [-0.3, -0.25) is 0 Å². The molecule has 1 heterocycles. The Kier molecular flexibility index (Phi) is 3.88. The Balaban J connectivity index is 1.88. The monoisotopic (exact) mass is 285 g/mol. The second-order valence-electron chi connectivity index (χ2n) is 5.69. The average Bonchev–Trinajstić information content (AvgIpc) is 3.29. The van der Waals surface area contributed by atoms with Crippen LogP contribution in [-0.2, 0) is 6.54 Å². The fourth-order valence-electron chi connectivity index (χ4n) is 2.41. The molecule has 0 amide bonds. The molecule has 110 valence electrons. The number of anilines is 2. The van der Waals surface area contributed by atoms with Crippen LogP contribution >= 0.6 is 0 Å². The number of aryl methyl sites for hydroxylation is 1. The van der Waals surface area contributed by atoms with Crippen molar-refractivity contribution in [3.8, 4) is 0 Å². The molecular weight excluding hydrogens is 265 g/mol. The minimum absolute atomic E-state index is 0.288. The summed E-state index contributed by atoms with van der Waals surface area (Å²) in [6.45, 7) is 2.71. The maximum Gasteiger partial charge on any atom is 0.141 e. The molecule has 0 spiro atoms. The van der Waals surface area contributed by atoms with Crippen LogP contribution in [0.25, 0.3) is 0 Å². The van der Waals surface area contributed by atoms with Crippen molar-refractivity contribution in [1.29, 1.82) is 0 Å². The molecule has 0 aliphatic heterocycles. The molecule has 0 saturated heterocycles. The molecule has 0 atom stereocenters. The lowest BCUT2D eigenvalue weighted by atomic mass is 10.2. The van der Waals surface area contributed by atoms with Gasteiger partial charge in [0.2, 0.25) is 0 Å². The molecule has 1 aromatic heterocycles. The quantitative estimate of drug-likeness (QED) is 0.910. The zero-order chi connectivity index (χ0) is 14.8. The van der Waals surface area contributed by atoms with Gasteiger partial charge in [-0.15, -0.1) is 0 Å². The predicted octanol–water partition coefficient (Wildman–Crippen LogP) is 3.55. The van der Waals surface area contributed by atoms with Gasteiger partial charge in [-0.2, -0.15) is 0 Å². The number of aromatic nitrogens is 1. The second kappa shape index (κ2) is 5.82. The van der Waals surface area contributed by atoms with Gasteiger partial charge in [0.25, 0.3) is 0 Å². The van der Waals surface area contributed by atoms with Crippen molar-refractivity contribution in [1.82, 2.24) is 10.3 Å². The first kappa shape index (κ1) is 14.0. The number of nitrogens with one attached hydrogen (secondary N) is 1. The molecule has 1 fully saturated rings. The predicted molar refractivity (Wildman–Crippen MR) is 83.3 cm³/mol. The van der Waals surface area contributed by atoms with E-state index in [-0.39, 0.29) is 5.82 Å². The number of pyridine rings is 1. The van der Waals surface area contributed by atoms with Crippen LogP contribution in [0.1, 0.15) is 24.0 Å². The number of rotatable bonds is 5. The molecule has 1 saturated carbocycles. The maximum atomic E-state index is 13.5. The summed E-state index contributed by atoms with van der Waals surface area (Å²) in [7, 11) is 1.97. The van der Waals surface area contributed by atoms with E-state index in [1.807, 2.05) is 24.1 Å². The Hall–Kier alpha value is -1.94. The summed E-state index contributed by atoms with van der Waals surface area (Å²) in [6.07, 6.45) is 3.71. The van der Waals surface area contributed by atoms with Crippen LogP contribution in [0.5, 0.6) is 0 Å². The summed E-state index contributed by atoms with van der Waals surface area (Å²) in [5.41, 5.74) is 3.15.